The van der Waals surface area contributed by atoms with E-state index in [2.05, 4.69) is 4.90 Å². The second kappa shape index (κ2) is 4.96. The summed E-state index contributed by atoms with van der Waals surface area (Å²) in [6.45, 7) is 4.67. The Bertz CT molecular complexity index is 422. The monoisotopic (exact) mass is 250 g/mol. The molecule has 1 heterocycles. The van der Waals surface area contributed by atoms with Crippen LogP contribution in [0.1, 0.15) is 12.5 Å². The predicted molar refractivity (Wildman–Crippen MR) is 68.6 cm³/mol. The Morgan fingerprint density at radius 1 is 1.33 bits per heavy atom. The van der Waals surface area contributed by atoms with E-state index < -0.39 is 11.5 Å². The Hall–Kier alpha value is -1.59. The Labute approximate surface area is 106 Å². The summed E-state index contributed by atoms with van der Waals surface area (Å²) in [5.41, 5.74) is 6.11. The molecule has 5 nitrogen and oxygen atoms in total. The number of nitrogens with two attached hydrogens (primary N) is 1. The molecule has 1 aromatic rings. The van der Waals surface area contributed by atoms with Gasteiger partial charge in [-0.15, -0.1) is 0 Å². The van der Waals surface area contributed by atoms with Crippen LogP contribution in [-0.2, 0) is 15.1 Å². The molecule has 3 N–H and O–H groups in total. The van der Waals surface area contributed by atoms with E-state index in [9.17, 15) is 4.79 Å². The van der Waals surface area contributed by atoms with Crippen LogP contribution in [0.15, 0.2) is 24.3 Å². The van der Waals surface area contributed by atoms with Crippen LogP contribution in [0.5, 0.6) is 0 Å². The van der Waals surface area contributed by atoms with E-state index in [4.69, 9.17) is 15.6 Å². The number of rotatable bonds is 3. The molecule has 1 atom stereocenters. The van der Waals surface area contributed by atoms with Crippen molar-refractivity contribution in [1.82, 2.24) is 0 Å². The zero-order valence-electron chi connectivity index (χ0n) is 10.4. The number of morpholine rings is 1. The first kappa shape index (κ1) is 12.9. The lowest BCUT2D eigenvalue weighted by Gasteiger charge is -2.29. The molecule has 5 heteroatoms. The molecule has 0 radical (unpaired) electrons. The van der Waals surface area contributed by atoms with Crippen LogP contribution in [-0.4, -0.2) is 37.4 Å². The molecule has 18 heavy (non-hydrogen) atoms. The largest absolute Gasteiger partial charge is 0.480 e. The minimum Gasteiger partial charge on any atom is -0.480 e. The lowest BCUT2D eigenvalue weighted by atomic mass is 9.93. The van der Waals surface area contributed by atoms with Crippen molar-refractivity contribution in [3.05, 3.63) is 29.8 Å². The summed E-state index contributed by atoms with van der Waals surface area (Å²) in [5.74, 6) is -1.03. The van der Waals surface area contributed by atoms with Crippen molar-refractivity contribution in [2.24, 2.45) is 5.73 Å². The molecule has 1 saturated heterocycles. The fraction of sp³-hybridized carbons (Fsp3) is 0.462. The molecule has 98 valence electrons. The fourth-order valence-corrected chi connectivity index (χ4v) is 1.96. The Morgan fingerprint density at radius 3 is 2.39 bits per heavy atom. The van der Waals surface area contributed by atoms with Gasteiger partial charge < -0.3 is 20.5 Å². The average Bonchev–Trinajstić information content (AvgIpc) is 2.40. The summed E-state index contributed by atoms with van der Waals surface area (Å²) in [6.07, 6.45) is 0. The van der Waals surface area contributed by atoms with Gasteiger partial charge in [0.15, 0.2) is 0 Å². The van der Waals surface area contributed by atoms with E-state index in [1.54, 1.807) is 12.1 Å². The van der Waals surface area contributed by atoms with Crippen molar-refractivity contribution >= 4 is 11.7 Å². The standard InChI is InChI=1S/C13H18N2O3/c1-13(14,12(16)17)10-2-4-11(5-3-10)15-6-8-18-9-7-15/h2-5H,6-9,14H2,1H3,(H,16,17). The lowest BCUT2D eigenvalue weighted by molar-refractivity contribution is -0.143. The third kappa shape index (κ3) is 2.47. The number of nitrogens with zero attached hydrogens (tertiary/aromatic N) is 1. The van der Waals surface area contributed by atoms with Gasteiger partial charge in [-0.1, -0.05) is 12.1 Å². The first-order chi connectivity index (χ1) is 8.51. The molecule has 0 amide bonds. The molecule has 1 aromatic carbocycles. The van der Waals surface area contributed by atoms with Gasteiger partial charge in [-0.2, -0.15) is 0 Å². The summed E-state index contributed by atoms with van der Waals surface area (Å²) in [5, 5.41) is 9.06. The molecule has 1 fully saturated rings. The number of aliphatic carboxylic acids is 1. The second-order valence-corrected chi connectivity index (χ2v) is 4.65. The van der Waals surface area contributed by atoms with Crippen LogP contribution in [0.2, 0.25) is 0 Å². The van der Waals surface area contributed by atoms with Crippen molar-refractivity contribution < 1.29 is 14.6 Å². The number of hydrogen-bond acceptors (Lipinski definition) is 4. The zero-order chi connectivity index (χ0) is 13.2. The van der Waals surface area contributed by atoms with E-state index in [1.807, 2.05) is 12.1 Å². The average molecular weight is 250 g/mol. The summed E-state index contributed by atoms with van der Waals surface area (Å²) in [4.78, 5) is 13.3. The quantitative estimate of drug-likeness (QED) is 0.829. The number of carboxylic acid groups (broad SMARTS) is 1. The molecule has 0 aromatic heterocycles. The number of benzene rings is 1. The molecule has 1 aliphatic heterocycles. The molecule has 0 saturated carbocycles. The molecule has 0 spiro atoms. The zero-order valence-corrected chi connectivity index (χ0v) is 10.4. The van der Waals surface area contributed by atoms with Gasteiger partial charge in [-0.3, -0.25) is 0 Å². The van der Waals surface area contributed by atoms with Gasteiger partial charge in [0.05, 0.1) is 13.2 Å². The second-order valence-electron chi connectivity index (χ2n) is 4.65. The highest BCUT2D eigenvalue weighted by atomic mass is 16.5. The highest BCUT2D eigenvalue weighted by Gasteiger charge is 2.30. The molecule has 0 aliphatic carbocycles. The number of ether oxygens (including phenoxy) is 1. The van der Waals surface area contributed by atoms with Crippen LogP contribution in [0.25, 0.3) is 0 Å². The highest BCUT2D eigenvalue weighted by molar-refractivity contribution is 5.80. The summed E-state index contributed by atoms with van der Waals surface area (Å²) >= 11 is 0. The van der Waals surface area contributed by atoms with Crippen molar-refractivity contribution in [2.45, 2.75) is 12.5 Å². The molecule has 1 unspecified atom stereocenters. The first-order valence-corrected chi connectivity index (χ1v) is 5.97. The van der Waals surface area contributed by atoms with Crippen molar-refractivity contribution in [3.8, 4) is 0 Å². The Balaban J connectivity index is 2.17. The maximum Gasteiger partial charge on any atom is 0.328 e. The van der Waals surface area contributed by atoms with Crippen molar-refractivity contribution in [2.75, 3.05) is 31.2 Å². The van der Waals surface area contributed by atoms with E-state index in [0.29, 0.717) is 5.56 Å². The number of carbonyl (C=O) groups is 1. The lowest BCUT2D eigenvalue weighted by Crippen LogP contribution is -2.41. The van der Waals surface area contributed by atoms with Gasteiger partial charge in [-0.25, -0.2) is 4.79 Å². The van der Waals surface area contributed by atoms with Gasteiger partial charge >= 0.3 is 5.97 Å². The summed E-state index contributed by atoms with van der Waals surface area (Å²) < 4.78 is 5.29. The van der Waals surface area contributed by atoms with E-state index >= 15 is 0 Å². The molecule has 1 aliphatic rings. The third-order valence-electron chi connectivity index (χ3n) is 3.29. The molecular weight excluding hydrogens is 232 g/mol. The topological polar surface area (TPSA) is 75.8 Å². The Morgan fingerprint density at radius 2 is 1.89 bits per heavy atom. The smallest absolute Gasteiger partial charge is 0.328 e. The predicted octanol–water partition coefficient (Wildman–Crippen LogP) is 0.782. The van der Waals surface area contributed by atoms with Gasteiger partial charge in [0.1, 0.15) is 5.54 Å². The van der Waals surface area contributed by atoms with Crippen molar-refractivity contribution in [1.29, 1.82) is 0 Å². The number of carboxylic acids is 1. The SMILES string of the molecule is CC(N)(C(=O)O)c1ccc(N2CCOCC2)cc1. The van der Waals surface area contributed by atoms with Gasteiger partial charge in [0.2, 0.25) is 0 Å². The fourth-order valence-electron chi connectivity index (χ4n) is 1.96. The van der Waals surface area contributed by atoms with Crippen LogP contribution < -0.4 is 10.6 Å². The minimum absolute atomic E-state index is 0.604. The van der Waals surface area contributed by atoms with E-state index in [0.717, 1.165) is 32.0 Å². The maximum absolute atomic E-state index is 11.1. The van der Waals surface area contributed by atoms with Crippen LogP contribution >= 0.6 is 0 Å². The minimum atomic E-state index is -1.34. The molecule has 2 rings (SSSR count). The first-order valence-electron chi connectivity index (χ1n) is 5.97. The van der Waals surface area contributed by atoms with E-state index in [1.165, 1.54) is 6.92 Å². The highest BCUT2D eigenvalue weighted by Crippen LogP contribution is 2.22. The van der Waals surface area contributed by atoms with Crippen LogP contribution in [0.4, 0.5) is 5.69 Å². The van der Waals surface area contributed by atoms with Crippen molar-refractivity contribution in [3.63, 3.8) is 0 Å². The molecular formula is C13H18N2O3. The molecule has 0 bridgehead atoms. The Kier molecular flexibility index (Phi) is 3.54. The maximum atomic E-state index is 11.1. The third-order valence-corrected chi connectivity index (χ3v) is 3.29. The van der Waals surface area contributed by atoms with Gasteiger partial charge in [0.25, 0.3) is 0 Å². The number of hydrogen-bond donors (Lipinski definition) is 2. The summed E-state index contributed by atoms with van der Waals surface area (Å²) in [7, 11) is 0. The number of anilines is 1. The normalized spacial score (nSPS) is 19.3. The van der Waals surface area contributed by atoms with E-state index in [-0.39, 0.29) is 0 Å². The van der Waals surface area contributed by atoms with Crippen LogP contribution in [0, 0.1) is 0 Å². The van der Waals surface area contributed by atoms with Gasteiger partial charge in [0, 0.05) is 18.8 Å². The van der Waals surface area contributed by atoms with Crippen LogP contribution in [0.3, 0.4) is 0 Å². The summed E-state index contributed by atoms with van der Waals surface area (Å²) in [6, 6.07) is 7.38. The van der Waals surface area contributed by atoms with Gasteiger partial charge in [-0.05, 0) is 24.6 Å².